The van der Waals surface area contributed by atoms with Crippen LogP contribution in [0.3, 0.4) is 0 Å². The van der Waals surface area contributed by atoms with E-state index in [1.807, 2.05) is 0 Å². The third-order valence-corrected chi connectivity index (χ3v) is 3.55. The molecule has 0 saturated carbocycles. The average molecular weight is 271 g/mol. The van der Waals surface area contributed by atoms with Gasteiger partial charge in [-0.05, 0) is 57.4 Å². The molecule has 0 amide bonds. The number of ether oxygens (including phenoxy) is 1. The normalized spacial score (nSPS) is 15.0. The fourth-order valence-electron chi connectivity index (χ4n) is 1.92. The predicted octanol–water partition coefficient (Wildman–Crippen LogP) is 4.49. The third kappa shape index (κ3) is 11.4. The molecule has 0 spiro atoms. The van der Waals surface area contributed by atoms with Gasteiger partial charge in [-0.15, -0.1) is 0 Å². The first-order chi connectivity index (χ1) is 8.52. The summed E-state index contributed by atoms with van der Waals surface area (Å²) in [6.45, 7) is 21.0. The van der Waals surface area contributed by atoms with Crippen LogP contribution in [0.25, 0.3) is 0 Å². The zero-order chi connectivity index (χ0) is 15.1. The Morgan fingerprint density at radius 3 is 1.84 bits per heavy atom. The fraction of sp³-hybridized carbons (Fsp3) is 1.00. The Balaban J connectivity index is 4.02. The van der Waals surface area contributed by atoms with E-state index in [2.05, 4.69) is 60.7 Å². The second-order valence-electron chi connectivity index (χ2n) is 8.28. The SMILES string of the molecule is CC(C)CCOCCC(CNC(C)(C)C)C(C)(C)C. The van der Waals surface area contributed by atoms with Crippen molar-refractivity contribution in [3.05, 3.63) is 0 Å². The van der Waals surface area contributed by atoms with Gasteiger partial charge in [-0.3, -0.25) is 0 Å². The summed E-state index contributed by atoms with van der Waals surface area (Å²) in [4.78, 5) is 0. The summed E-state index contributed by atoms with van der Waals surface area (Å²) < 4.78 is 5.77. The van der Waals surface area contributed by atoms with Crippen LogP contribution in [-0.4, -0.2) is 25.3 Å². The van der Waals surface area contributed by atoms with Crippen LogP contribution in [0.4, 0.5) is 0 Å². The maximum Gasteiger partial charge on any atom is 0.0469 e. The van der Waals surface area contributed by atoms with E-state index >= 15 is 0 Å². The Morgan fingerprint density at radius 2 is 1.42 bits per heavy atom. The maximum absolute atomic E-state index is 5.77. The molecule has 2 nitrogen and oxygen atoms in total. The van der Waals surface area contributed by atoms with E-state index in [4.69, 9.17) is 4.74 Å². The van der Waals surface area contributed by atoms with Gasteiger partial charge in [0.15, 0.2) is 0 Å². The molecule has 1 unspecified atom stereocenters. The molecule has 0 aromatic rings. The number of hydrogen-bond acceptors (Lipinski definition) is 2. The molecule has 19 heavy (non-hydrogen) atoms. The van der Waals surface area contributed by atoms with Gasteiger partial charge in [0, 0.05) is 18.8 Å². The van der Waals surface area contributed by atoms with Crippen molar-refractivity contribution in [2.24, 2.45) is 17.3 Å². The van der Waals surface area contributed by atoms with Crippen LogP contribution in [-0.2, 0) is 4.74 Å². The van der Waals surface area contributed by atoms with Crippen LogP contribution in [0.1, 0.15) is 68.2 Å². The molecule has 0 aromatic heterocycles. The Morgan fingerprint density at radius 1 is 0.895 bits per heavy atom. The molecule has 0 fully saturated rings. The van der Waals surface area contributed by atoms with E-state index in [1.54, 1.807) is 0 Å². The predicted molar refractivity (Wildman–Crippen MR) is 85.6 cm³/mol. The molecule has 0 heterocycles. The molecule has 0 aliphatic rings. The van der Waals surface area contributed by atoms with Gasteiger partial charge in [-0.2, -0.15) is 0 Å². The van der Waals surface area contributed by atoms with Crippen LogP contribution in [0.5, 0.6) is 0 Å². The maximum atomic E-state index is 5.77. The highest BCUT2D eigenvalue weighted by Gasteiger charge is 2.25. The zero-order valence-corrected chi connectivity index (χ0v) is 14.6. The minimum absolute atomic E-state index is 0.196. The molecule has 0 radical (unpaired) electrons. The summed E-state index contributed by atoms with van der Waals surface area (Å²) in [6.07, 6.45) is 2.31. The first-order valence-corrected chi connectivity index (χ1v) is 7.85. The van der Waals surface area contributed by atoms with E-state index in [-0.39, 0.29) is 5.54 Å². The van der Waals surface area contributed by atoms with E-state index in [1.165, 1.54) is 6.42 Å². The summed E-state index contributed by atoms with van der Waals surface area (Å²) >= 11 is 0. The molecule has 2 heteroatoms. The molecule has 116 valence electrons. The Kier molecular flexibility index (Phi) is 8.23. The Bertz CT molecular complexity index is 222. The smallest absolute Gasteiger partial charge is 0.0469 e. The van der Waals surface area contributed by atoms with Crippen LogP contribution >= 0.6 is 0 Å². The average Bonchev–Trinajstić information content (AvgIpc) is 2.18. The summed E-state index contributed by atoms with van der Waals surface area (Å²) in [7, 11) is 0. The lowest BCUT2D eigenvalue weighted by Gasteiger charge is -2.34. The van der Waals surface area contributed by atoms with Gasteiger partial charge in [-0.1, -0.05) is 34.6 Å². The van der Waals surface area contributed by atoms with Gasteiger partial charge in [-0.25, -0.2) is 0 Å². The van der Waals surface area contributed by atoms with Crippen molar-refractivity contribution >= 4 is 0 Å². The van der Waals surface area contributed by atoms with Gasteiger partial charge in [0.2, 0.25) is 0 Å². The van der Waals surface area contributed by atoms with Gasteiger partial charge in [0.05, 0.1) is 0 Å². The molecule has 1 N–H and O–H groups in total. The number of hydrogen-bond donors (Lipinski definition) is 1. The lowest BCUT2D eigenvalue weighted by atomic mass is 9.78. The van der Waals surface area contributed by atoms with Crippen LogP contribution in [0, 0.1) is 17.3 Å². The van der Waals surface area contributed by atoms with Gasteiger partial charge < -0.3 is 10.1 Å². The monoisotopic (exact) mass is 271 g/mol. The topological polar surface area (TPSA) is 21.3 Å². The molecule has 0 aliphatic carbocycles. The number of rotatable bonds is 8. The third-order valence-electron chi connectivity index (χ3n) is 3.55. The zero-order valence-electron chi connectivity index (χ0n) is 14.6. The van der Waals surface area contributed by atoms with Crippen molar-refractivity contribution in [1.82, 2.24) is 5.32 Å². The summed E-state index contributed by atoms with van der Waals surface area (Å²) in [5.74, 6) is 1.40. The first-order valence-electron chi connectivity index (χ1n) is 7.85. The molecular weight excluding hydrogens is 234 g/mol. The molecular formula is C17H37NO. The second-order valence-corrected chi connectivity index (χ2v) is 8.28. The van der Waals surface area contributed by atoms with Crippen LogP contribution in [0.2, 0.25) is 0 Å². The van der Waals surface area contributed by atoms with Crippen LogP contribution < -0.4 is 5.32 Å². The minimum atomic E-state index is 0.196. The molecule has 0 bridgehead atoms. The van der Waals surface area contributed by atoms with Crippen molar-refractivity contribution in [2.75, 3.05) is 19.8 Å². The molecule has 0 aromatic carbocycles. The van der Waals surface area contributed by atoms with Gasteiger partial charge >= 0.3 is 0 Å². The van der Waals surface area contributed by atoms with Crippen molar-refractivity contribution in [2.45, 2.75) is 73.8 Å². The molecule has 0 saturated heterocycles. The van der Waals surface area contributed by atoms with Crippen LogP contribution in [0.15, 0.2) is 0 Å². The van der Waals surface area contributed by atoms with E-state index in [0.717, 1.165) is 32.1 Å². The van der Waals surface area contributed by atoms with Gasteiger partial charge in [0.1, 0.15) is 0 Å². The molecule has 0 rings (SSSR count). The quantitative estimate of drug-likeness (QED) is 0.657. The van der Waals surface area contributed by atoms with Gasteiger partial charge in [0.25, 0.3) is 0 Å². The van der Waals surface area contributed by atoms with E-state index < -0.39 is 0 Å². The highest BCUT2D eigenvalue weighted by molar-refractivity contribution is 4.80. The summed E-state index contributed by atoms with van der Waals surface area (Å²) in [5.41, 5.74) is 0.529. The molecule has 0 aliphatic heterocycles. The van der Waals surface area contributed by atoms with E-state index in [9.17, 15) is 0 Å². The highest BCUT2D eigenvalue weighted by Crippen LogP contribution is 2.28. The van der Waals surface area contributed by atoms with Crippen molar-refractivity contribution < 1.29 is 4.74 Å². The lowest BCUT2D eigenvalue weighted by Crippen LogP contribution is -2.42. The first kappa shape index (κ1) is 18.9. The highest BCUT2D eigenvalue weighted by atomic mass is 16.5. The standard InChI is InChI=1S/C17H37NO/c1-14(2)9-11-19-12-10-15(16(3,4)5)13-18-17(6,7)8/h14-15,18H,9-13H2,1-8H3. The van der Waals surface area contributed by atoms with Crippen molar-refractivity contribution in [3.8, 4) is 0 Å². The van der Waals surface area contributed by atoms with Crippen molar-refractivity contribution in [3.63, 3.8) is 0 Å². The largest absolute Gasteiger partial charge is 0.381 e. The second kappa shape index (κ2) is 8.26. The van der Waals surface area contributed by atoms with Crippen molar-refractivity contribution in [1.29, 1.82) is 0 Å². The Hall–Kier alpha value is -0.0800. The fourth-order valence-corrected chi connectivity index (χ4v) is 1.92. The lowest BCUT2D eigenvalue weighted by molar-refractivity contribution is 0.0875. The Labute approximate surface area is 121 Å². The molecule has 1 atom stereocenters. The van der Waals surface area contributed by atoms with E-state index in [0.29, 0.717) is 11.3 Å². The number of nitrogens with one attached hydrogen (secondary N) is 1. The minimum Gasteiger partial charge on any atom is -0.381 e. The summed E-state index contributed by atoms with van der Waals surface area (Å²) in [6, 6.07) is 0. The summed E-state index contributed by atoms with van der Waals surface area (Å²) in [5, 5.41) is 3.63.